The second kappa shape index (κ2) is 3.51. The summed E-state index contributed by atoms with van der Waals surface area (Å²) in [6, 6.07) is 6.14. The first-order chi connectivity index (χ1) is 6.83. The SMILES string of the molecule is Cc1ccc(C#N)c2c1CC=CC=C2. The van der Waals surface area contributed by atoms with Crippen LogP contribution in [0.1, 0.15) is 22.3 Å². The van der Waals surface area contributed by atoms with Gasteiger partial charge in [0.1, 0.15) is 0 Å². The molecule has 0 heterocycles. The van der Waals surface area contributed by atoms with Crippen LogP contribution < -0.4 is 0 Å². The fourth-order valence-electron chi connectivity index (χ4n) is 1.75. The Balaban J connectivity index is 2.70. The quantitative estimate of drug-likeness (QED) is 0.603. The second-order valence-corrected chi connectivity index (χ2v) is 3.43. The lowest BCUT2D eigenvalue weighted by Gasteiger charge is -2.08. The monoisotopic (exact) mass is 181 g/mol. The van der Waals surface area contributed by atoms with Crippen LogP contribution in [0.4, 0.5) is 0 Å². The number of benzene rings is 1. The third-order valence-electron chi connectivity index (χ3n) is 2.54. The van der Waals surface area contributed by atoms with E-state index in [9.17, 15) is 0 Å². The lowest BCUT2D eigenvalue weighted by atomic mass is 9.95. The number of hydrogen-bond acceptors (Lipinski definition) is 1. The molecule has 0 fully saturated rings. The second-order valence-electron chi connectivity index (χ2n) is 3.43. The molecule has 0 N–H and O–H groups in total. The van der Waals surface area contributed by atoms with Gasteiger partial charge in [-0.25, -0.2) is 0 Å². The third kappa shape index (κ3) is 1.36. The van der Waals surface area contributed by atoms with E-state index in [4.69, 9.17) is 5.26 Å². The normalized spacial score (nSPS) is 13.1. The Labute approximate surface area is 84.0 Å². The molecular weight excluding hydrogens is 170 g/mol. The van der Waals surface area contributed by atoms with Crippen molar-refractivity contribution in [1.29, 1.82) is 5.26 Å². The summed E-state index contributed by atoms with van der Waals surface area (Å²) >= 11 is 0. The van der Waals surface area contributed by atoms with E-state index in [1.165, 1.54) is 11.1 Å². The number of hydrogen-bond donors (Lipinski definition) is 0. The fourth-order valence-corrected chi connectivity index (χ4v) is 1.75. The molecule has 0 radical (unpaired) electrons. The zero-order valence-corrected chi connectivity index (χ0v) is 8.12. The average molecular weight is 181 g/mol. The van der Waals surface area contributed by atoms with Crippen LogP contribution in [0.3, 0.4) is 0 Å². The molecule has 1 heteroatoms. The van der Waals surface area contributed by atoms with Gasteiger partial charge in [0, 0.05) is 0 Å². The van der Waals surface area contributed by atoms with E-state index in [2.05, 4.69) is 19.1 Å². The van der Waals surface area contributed by atoms with E-state index < -0.39 is 0 Å². The van der Waals surface area contributed by atoms with Crippen molar-refractivity contribution in [2.45, 2.75) is 13.3 Å². The van der Waals surface area contributed by atoms with Crippen LogP contribution in [0.15, 0.2) is 30.4 Å². The average Bonchev–Trinajstić information content (AvgIpc) is 2.44. The van der Waals surface area contributed by atoms with Crippen molar-refractivity contribution >= 4 is 6.08 Å². The molecule has 1 aliphatic carbocycles. The Bertz CT molecular complexity index is 459. The summed E-state index contributed by atoms with van der Waals surface area (Å²) in [5.74, 6) is 0. The largest absolute Gasteiger partial charge is 0.192 e. The molecule has 1 aromatic carbocycles. The van der Waals surface area contributed by atoms with Gasteiger partial charge in [-0.15, -0.1) is 0 Å². The summed E-state index contributed by atoms with van der Waals surface area (Å²) in [5, 5.41) is 8.97. The number of rotatable bonds is 0. The molecule has 1 nitrogen and oxygen atoms in total. The lowest BCUT2D eigenvalue weighted by Crippen LogP contribution is -1.94. The van der Waals surface area contributed by atoms with Gasteiger partial charge in [0.05, 0.1) is 11.6 Å². The molecule has 2 rings (SSSR count). The highest BCUT2D eigenvalue weighted by molar-refractivity contribution is 5.65. The van der Waals surface area contributed by atoms with Gasteiger partial charge in [0.25, 0.3) is 0 Å². The Morgan fingerprint density at radius 2 is 2.14 bits per heavy atom. The van der Waals surface area contributed by atoms with Crippen LogP contribution in [0.2, 0.25) is 0 Å². The smallest absolute Gasteiger partial charge is 0.0998 e. The predicted octanol–water partition coefficient (Wildman–Crippen LogP) is 2.99. The van der Waals surface area contributed by atoms with Crippen LogP contribution >= 0.6 is 0 Å². The fraction of sp³-hybridized carbons (Fsp3) is 0.154. The molecule has 0 saturated carbocycles. The minimum absolute atomic E-state index is 0.769. The molecule has 0 spiro atoms. The van der Waals surface area contributed by atoms with Crippen molar-refractivity contribution in [3.8, 4) is 6.07 Å². The summed E-state index contributed by atoms with van der Waals surface area (Å²) < 4.78 is 0. The van der Waals surface area contributed by atoms with E-state index in [0.717, 1.165) is 17.5 Å². The maximum absolute atomic E-state index is 8.97. The van der Waals surface area contributed by atoms with Gasteiger partial charge in [-0.3, -0.25) is 0 Å². The highest BCUT2D eigenvalue weighted by Gasteiger charge is 2.08. The van der Waals surface area contributed by atoms with E-state index in [-0.39, 0.29) is 0 Å². The lowest BCUT2D eigenvalue weighted by molar-refractivity contribution is 1.20. The number of nitrogens with zero attached hydrogens (tertiary/aromatic N) is 1. The van der Waals surface area contributed by atoms with E-state index in [1.54, 1.807) is 0 Å². The van der Waals surface area contributed by atoms with Gasteiger partial charge in [0.2, 0.25) is 0 Å². The molecule has 0 atom stereocenters. The third-order valence-corrected chi connectivity index (χ3v) is 2.54. The van der Waals surface area contributed by atoms with Crippen LogP contribution in [0.5, 0.6) is 0 Å². The Kier molecular flexibility index (Phi) is 2.20. The molecule has 0 aliphatic heterocycles. The van der Waals surface area contributed by atoms with E-state index in [0.29, 0.717) is 0 Å². The molecule has 0 unspecified atom stereocenters. The molecule has 0 saturated heterocycles. The number of nitriles is 1. The highest BCUT2D eigenvalue weighted by atomic mass is 14.2. The van der Waals surface area contributed by atoms with Gasteiger partial charge in [-0.05, 0) is 36.1 Å². The maximum atomic E-state index is 8.97. The van der Waals surface area contributed by atoms with Crippen molar-refractivity contribution in [2.75, 3.05) is 0 Å². The van der Waals surface area contributed by atoms with E-state index in [1.807, 2.05) is 30.4 Å². The minimum Gasteiger partial charge on any atom is -0.192 e. The molecule has 1 aromatic rings. The van der Waals surface area contributed by atoms with Gasteiger partial charge in [-0.2, -0.15) is 5.26 Å². The highest BCUT2D eigenvalue weighted by Crippen LogP contribution is 2.22. The Hall–Kier alpha value is -1.81. The first-order valence-electron chi connectivity index (χ1n) is 4.68. The summed E-state index contributed by atoms with van der Waals surface area (Å²) in [6.45, 7) is 2.09. The van der Waals surface area contributed by atoms with Crippen molar-refractivity contribution in [1.82, 2.24) is 0 Å². The predicted molar refractivity (Wildman–Crippen MR) is 57.8 cm³/mol. The summed E-state index contributed by atoms with van der Waals surface area (Å²) in [4.78, 5) is 0. The Morgan fingerprint density at radius 1 is 1.29 bits per heavy atom. The summed E-state index contributed by atoms with van der Waals surface area (Å²) in [5.41, 5.74) is 4.38. The van der Waals surface area contributed by atoms with Crippen molar-refractivity contribution in [3.63, 3.8) is 0 Å². The molecular formula is C13H11N. The molecule has 0 aromatic heterocycles. The van der Waals surface area contributed by atoms with Gasteiger partial charge >= 0.3 is 0 Å². The number of fused-ring (bicyclic) bond motifs is 1. The van der Waals surface area contributed by atoms with Crippen LogP contribution in [-0.2, 0) is 6.42 Å². The van der Waals surface area contributed by atoms with Crippen LogP contribution in [0, 0.1) is 18.3 Å². The molecule has 0 amide bonds. The topological polar surface area (TPSA) is 23.8 Å². The van der Waals surface area contributed by atoms with Gasteiger partial charge < -0.3 is 0 Å². The Morgan fingerprint density at radius 3 is 2.93 bits per heavy atom. The van der Waals surface area contributed by atoms with Crippen LogP contribution in [-0.4, -0.2) is 0 Å². The molecule has 0 bridgehead atoms. The maximum Gasteiger partial charge on any atom is 0.0998 e. The standard InChI is InChI=1S/C13H11N/c1-10-7-8-11(9-14)13-6-4-2-3-5-12(10)13/h2-4,6-8H,5H2,1H3. The molecule has 68 valence electrons. The zero-order valence-electron chi connectivity index (χ0n) is 8.12. The summed E-state index contributed by atoms with van der Waals surface area (Å²) in [7, 11) is 0. The number of allylic oxidation sites excluding steroid dienone is 3. The first-order valence-corrected chi connectivity index (χ1v) is 4.68. The van der Waals surface area contributed by atoms with Crippen LogP contribution in [0.25, 0.3) is 6.08 Å². The number of aryl methyl sites for hydroxylation is 1. The minimum atomic E-state index is 0.769. The van der Waals surface area contributed by atoms with Gasteiger partial charge in [-0.1, -0.05) is 30.4 Å². The van der Waals surface area contributed by atoms with Crippen molar-refractivity contribution < 1.29 is 0 Å². The van der Waals surface area contributed by atoms with Gasteiger partial charge in [0.15, 0.2) is 0 Å². The molecule has 1 aliphatic rings. The van der Waals surface area contributed by atoms with E-state index >= 15 is 0 Å². The van der Waals surface area contributed by atoms with Crippen molar-refractivity contribution in [2.24, 2.45) is 0 Å². The van der Waals surface area contributed by atoms with Crippen molar-refractivity contribution in [3.05, 3.63) is 52.6 Å². The zero-order chi connectivity index (χ0) is 9.97. The first kappa shape index (κ1) is 8.77. The summed E-state index contributed by atoms with van der Waals surface area (Å²) in [6.07, 6.45) is 9.08. The molecule has 14 heavy (non-hydrogen) atoms.